The molecule has 4 rings (SSSR count). The molecule has 0 bridgehead atoms. The van der Waals surface area contributed by atoms with Gasteiger partial charge in [-0.2, -0.15) is 0 Å². The monoisotopic (exact) mass is 625 g/mol. The SMILES string of the molecule is CCCCOC(=O)c1ccc(NC(=O)CSc2ccc(NC(=O)/C(=C/c3ccccc3F)NC(=O)c3ccccc3)cc2)cc1. The molecule has 8 nitrogen and oxygen atoms in total. The first-order valence-electron chi connectivity index (χ1n) is 14.3. The molecule has 10 heteroatoms. The zero-order chi connectivity index (χ0) is 32.0. The van der Waals surface area contributed by atoms with Crippen LogP contribution in [0.2, 0.25) is 0 Å². The highest BCUT2D eigenvalue weighted by molar-refractivity contribution is 8.00. The van der Waals surface area contributed by atoms with Gasteiger partial charge >= 0.3 is 5.97 Å². The van der Waals surface area contributed by atoms with Gasteiger partial charge in [-0.25, -0.2) is 9.18 Å². The molecule has 0 spiro atoms. The van der Waals surface area contributed by atoms with Gasteiger partial charge in [0.05, 0.1) is 17.9 Å². The Morgan fingerprint density at radius 2 is 1.42 bits per heavy atom. The van der Waals surface area contributed by atoms with Crippen LogP contribution in [0.4, 0.5) is 15.8 Å². The molecule has 0 radical (unpaired) electrons. The molecule has 0 saturated heterocycles. The summed E-state index contributed by atoms with van der Waals surface area (Å²) >= 11 is 1.30. The molecule has 0 heterocycles. The average Bonchev–Trinajstić information content (AvgIpc) is 3.06. The van der Waals surface area contributed by atoms with E-state index in [0.717, 1.165) is 17.7 Å². The lowest BCUT2D eigenvalue weighted by atomic mass is 10.1. The highest BCUT2D eigenvalue weighted by atomic mass is 32.2. The second kappa shape index (κ2) is 16.6. The van der Waals surface area contributed by atoms with E-state index in [-0.39, 0.29) is 22.9 Å². The van der Waals surface area contributed by atoms with E-state index >= 15 is 0 Å². The predicted molar refractivity (Wildman–Crippen MR) is 174 cm³/mol. The molecule has 0 atom stereocenters. The van der Waals surface area contributed by atoms with E-state index in [2.05, 4.69) is 16.0 Å². The molecule has 4 aromatic rings. The number of hydrogen-bond donors (Lipinski definition) is 3. The molecule has 0 aliphatic heterocycles. The summed E-state index contributed by atoms with van der Waals surface area (Å²) in [7, 11) is 0. The largest absolute Gasteiger partial charge is 0.462 e. The van der Waals surface area contributed by atoms with Crippen molar-refractivity contribution in [2.24, 2.45) is 0 Å². The molecular formula is C35H32FN3O5S. The average molecular weight is 626 g/mol. The first kappa shape index (κ1) is 32.7. The number of anilines is 2. The Bertz CT molecular complexity index is 1660. The van der Waals surface area contributed by atoms with Crippen molar-refractivity contribution in [2.75, 3.05) is 23.0 Å². The van der Waals surface area contributed by atoms with E-state index in [1.54, 1.807) is 84.9 Å². The van der Waals surface area contributed by atoms with Crippen molar-refractivity contribution in [3.63, 3.8) is 0 Å². The standard InChI is InChI=1S/C35H32FN3O5S/c1-2-3-21-44-35(43)25-13-15-27(16-14-25)37-32(40)23-45-29-19-17-28(18-20-29)38-34(42)31(22-26-11-7-8-12-30(26)36)39-33(41)24-9-5-4-6-10-24/h4-20,22H,2-3,21,23H2,1H3,(H,37,40)(H,38,42)(H,39,41)/b31-22-. The van der Waals surface area contributed by atoms with Crippen molar-refractivity contribution < 1.29 is 28.3 Å². The number of nitrogens with one attached hydrogen (secondary N) is 3. The van der Waals surface area contributed by atoms with Gasteiger partial charge in [0, 0.05) is 27.4 Å². The summed E-state index contributed by atoms with van der Waals surface area (Å²) in [5.41, 5.74) is 1.76. The first-order valence-corrected chi connectivity index (χ1v) is 15.2. The number of thioether (sulfide) groups is 1. The first-order chi connectivity index (χ1) is 21.8. The van der Waals surface area contributed by atoms with Crippen molar-refractivity contribution in [1.82, 2.24) is 5.32 Å². The number of halogens is 1. The van der Waals surface area contributed by atoms with Gasteiger partial charge in [-0.1, -0.05) is 49.7 Å². The molecule has 0 saturated carbocycles. The second-order valence-electron chi connectivity index (χ2n) is 9.78. The number of rotatable bonds is 13. The summed E-state index contributed by atoms with van der Waals surface area (Å²) in [5.74, 6) is -2.19. The van der Waals surface area contributed by atoms with Gasteiger partial charge in [0.1, 0.15) is 11.5 Å². The van der Waals surface area contributed by atoms with Crippen LogP contribution in [0, 0.1) is 5.82 Å². The third-order valence-corrected chi connectivity index (χ3v) is 7.36. The number of benzene rings is 4. The fourth-order valence-electron chi connectivity index (χ4n) is 3.95. The molecule has 3 N–H and O–H groups in total. The number of amides is 3. The Labute approximate surface area is 265 Å². The summed E-state index contributed by atoms with van der Waals surface area (Å²) in [4.78, 5) is 51.3. The molecule has 45 heavy (non-hydrogen) atoms. The Kier molecular flexibility index (Phi) is 12.0. The lowest BCUT2D eigenvalue weighted by molar-refractivity contribution is -0.114. The van der Waals surface area contributed by atoms with Crippen LogP contribution in [0.5, 0.6) is 0 Å². The van der Waals surface area contributed by atoms with Crippen molar-refractivity contribution >= 4 is 52.9 Å². The number of hydrogen-bond acceptors (Lipinski definition) is 6. The Hall–Kier alpha value is -5.22. The minimum Gasteiger partial charge on any atom is -0.462 e. The van der Waals surface area contributed by atoms with E-state index in [1.807, 2.05) is 6.92 Å². The van der Waals surface area contributed by atoms with Crippen LogP contribution in [-0.4, -0.2) is 36.1 Å². The fraction of sp³-hybridized carbons (Fsp3) is 0.143. The second-order valence-corrected chi connectivity index (χ2v) is 10.8. The summed E-state index contributed by atoms with van der Waals surface area (Å²) in [6.45, 7) is 2.39. The van der Waals surface area contributed by atoms with Gasteiger partial charge in [-0.15, -0.1) is 11.8 Å². The maximum absolute atomic E-state index is 14.4. The molecule has 0 fully saturated rings. The van der Waals surface area contributed by atoms with Crippen LogP contribution < -0.4 is 16.0 Å². The fourth-order valence-corrected chi connectivity index (χ4v) is 4.65. The molecular weight excluding hydrogens is 593 g/mol. The van der Waals surface area contributed by atoms with E-state index in [1.165, 1.54) is 36.0 Å². The number of carbonyl (C=O) groups is 4. The predicted octanol–water partition coefficient (Wildman–Crippen LogP) is 6.92. The van der Waals surface area contributed by atoms with Crippen molar-refractivity contribution in [3.8, 4) is 0 Å². The van der Waals surface area contributed by atoms with E-state index in [9.17, 15) is 23.6 Å². The van der Waals surface area contributed by atoms with E-state index in [4.69, 9.17) is 4.74 Å². The van der Waals surface area contributed by atoms with E-state index < -0.39 is 23.6 Å². The van der Waals surface area contributed by atoms with Crippen LogP contribution in [0.25, 0.3) is 6.08 Å². The maximum Gasteiger partial charge on any atom is 0.338 e. The Morgan fingerprint density at radius 3 is 2.11 bits per heavy atom. The third kappa shape index (κ3) is 10.2. The summed E-state index contributed by atoms with van der Waals surface area (Å²) in [6, 6.07) is 27.6. The van der Waals surface area contributed by atoms with Crippen LogP contribution in [0.3, 0.4) is 0 Å². The molecule has 4 aromatic carbocycles. The molecule has 0 aliphatic rings. The van der Waals surface area contributed by atoms with Crippen molar-refractivity contribution in [3.05, 3.63) is 131 Å². The summed E-state index contributed by atoms with van der Waals surface area (Å²) < 4.78 is 19.5. The zero-order valence-electron chi connectivity index (χ0n) is 24.5. The van der Waals surface area contributed by atoms with E-state index in [0.29, 0.717) is 29.1 Å². The topological polar surface area (TPSA) is 114 Å². The van der Waals surface area contributed by atoms with Crippen molar-refractivity contribution in [1.29, 1.82) is 0 Å². The summed E-state index contributed by atoms with van der Waals surface area (Å²) in [5, 5.41) is 8.10. The van der Waals surface area contributed by atoms with Gasteiger partial charge < -0.3 is 20.7 Å². The Balaban J connectivity index is 1.33. The molecule has 0 aromatic heterocycles. The van der Waals surface area contributed by atoms with Gasteiger partial charge in [0.2, 0.25) is 5.91 Å². The number of unbranched alkanes of at least 4 members (excludes halogenated alkanes) is 1. The van der Waals surface area contributed by atoms with Crippen LogP contribution in [-0.2, 0) is 14.3 Å². The van der Waals surface area contributed by atoms with Gasteiger partial charge in [0.15, 0.2) is 0 Å². The molecule has 230 valence electrons. The summed E-state index contributed by atoms with van der Waals surface area (Å²) in [6.07, 6.45) is 3.02. The van der Waals surface area contributed by atoms with Crippen LogP contribution in [0.15, 0.2) is 114 Å². The molecule has 3 amide bonds. The third-order valence-electron chi connectivity index (χ3n) is 6.35. The Morgan fingerprint density at radius 1 is 0.778 bits per heavy atom. The van der Waals surface area contributed by atoms with Crippen LogP contribution >= 0.6 is 11.8 Å². The van der Waals surface area contributed by atoms with Crippen LogP contribution in [0.1, 0.15) is 46.0 Å². The quantitative estimate of drug-likeness (QED) is 0.0643. The van der Waals surface area contributed by atoms with Gasteiger partial charge in [-0.05, 0) is 79.2 Å². The highest BCUT2D eigenvalue weighted by Gasteiger charge is 2.16. The minimum atomic E-state index is -0.637. The minimum absolute atomic E-state index is 0.132. The number of carbonyl (C=O) groups excluding carboxylic acids is 4. The maximum atomic E-state index is 14.4. The normalized spacial score (nSPS) is 10.9. The molecule has 0 aliphatic carbocycles. The van der Waals surface area contributed by atoms with Crippen molar-refractivity contribution in [2.45, 2.75) is 24.7 Å². The number of esters is 1. The highest BCUT2D eigenvalue weighted by Crippen LogP contribution is 2.22. The molecule has 0 unspecified atom stereocenters. The smallest absolute Gasteiger partial charge is 0.338 e. The lowest BCUT2D eigenvalue weighted by Crippen LogP contribution is -2.30. The van der Waals surface area contributed by atoms with Gasteiger partial charge in [0.25, 0.3) is 11.8 Å². The van der Waals surface area contributed by atoms with Gasteiger partial charge in [-0.3, -0.25) is 14.4 Å². The lowest BCUT2D eigenvalue weighted by Gasteiger charge is -2.12. The number of ether oxygens (including phenoxy) is 1. The zero-order valence-corrected chi connectivity index (χ0v) is 25.4.